The maximum Gasteiger partial charge on any atom is 0.334 e. The van der Waals surface area contributed by atoms with Crippen LogP contribution >= 0.6 is 11.6 Å². The lowest BCUT2D eigenvalue weighted by Crippen LogP contribution is -2.77. The lowest BCUT2D eigenvalue weighted by Gasteiger charge is -2.57. The predicted molar refractivity (Wildman–Crippen MR) is 96.8 cm³/mol. The zero-order chi connectivity index (χ0) is 19.5. The van der Waals surface area contributed by atoms with Gasteiger partial charge in [-0.15, -0.1) is 11.6 Å². The van der Waals surface area contributed by atoms with Crippen molar-refractivity contribution in [1.29, 1.82) is 0 Å². The molecule has 0 radical (unpaired) electrons. The first-order chi connectivity index (χ1) is 13.2. The van der Waals surface area contributed by atoms with E-state index in [4.69, 9.17) is 30.5 Å². The van der Waals surface area contributed by atoms with Gasteiger partial charge >= 0.3 is 5.97 Å². The van der Waals surface area contributed by atoms with E-state index in [2.05, 4.69) is 6.92 Å². The Labute approximate surface area is 168 Å². The van der Waals surface area contributed by atoms with Crippen LogP contribution in [0.4, 0.5) is 0 Å². The van der Waals surface area contributed by atoms with Crippen LogP contribution in [-0.4, -0.2) is 64.3 Å². The average Bonchev–Trinajstić information content (AvgIpc) is 3.54. The maximum atomic E-state index is 12.2. The van der Waals surface area contributed by atoms with Crippen LogP contribution in [0, 0.1) is 17.3 Å². The molecule has 0 amide bonds. The fourth-order valence-corrected chi connectivity index (χ4v) is 8.74. The summed E-state index contributed by atoms with van der Waals surface area (Å²) in [6.07, 6.45) is 2.04. The molecule has 0 bridgehead atoms. The summed E-state index contributed by atoms with van der Waals surface area (Å²) in [5.41, 5.74) is -1.43. The monoisotopic (exact) mass is 408 g/mol. The van der Waals surface area contributed by atoms with E-state index in [1.165, 1.54) is 0 Å². The van der Waals surface area contributed by atoms with Gasteiger partial charge in [0.25, 0.3) is 0 Å². The molecule has 0 unspecified atom stereocenters. The number of halogens is 1. The van der Waals surface area contributed by atoms with Crippen molar-refractivity contribution in [3.8, 4) is 0 Å². The van der Waals surface area contributed by atoms with Crippen molar-refractivity contribution in [1.82, 2.24) is 0 Å². The Kier molecular flexibility index (Phi) is 2.65. The summed E-state index contributed by atoms with van der Waals surface area (Å²) >= 11 is 6.96. The van der Waals surface area contributed by atoms with Gasteiger partial charge in [-0.05, 0) is 36.7 Å². The lowest BCUT2D eigenvalue weighted by molar-refractivity contribution is -0.152. The number of alkyl halides is 1. The molecule has 0 aromatic rings. The Morgan fingerprint density at radius 1 is 1.25 bits per heavy atom. The molecule has 4 aliphatic heterocycles. The van der Waals surface area contributed by atoms with E-state index in [0.717, 1.165) is 24.0 Å². The van der Waals surface area contributed by atoms with Gasteiger partial charge in [0, 0.05) is 11.0 Å². The molecule has 2 saturated carbocycles. The van der Waals surface area contributed by atoms with Crippen molar-refractivity contribution in [2.45, 2.75) is 80.0 Å². The van der Waals surface area contributed by atoms with E-state index in [-0.39, 0.29) is 35.4 Å². The number of cyclic esters (lactones) is 1. The normalized spacial score (nSPS) is 62.6. The average molecular weight is 409 g/mol. The van der Waals surface area contributed by atoms with Crippen LogP contribution in [0.15, 0.2) is 11.1 Å². The zero-order valence-electron chi connectivity index (χ0n) is 16.3. The molecule has 3 saturated heterocycles. The molecule has 0 aromatic heterocycles. The first-order valence-electron chi connectivity index (χ1n) is 10.5. The van der Waals surface area contributed by atoms with Gasteiger partial charge in [-0.3, -0.25) is 0 Å². The molecule has 28 heavy (non-hydrogen) atoms. The van der Waals surface area contributed by atoms with E-state index in [1.807, 2.05) is 13.8 Å². The van der Waals surface area contributed by atoms with E-state index in [0.29, 0.717) is 19.6 Å². The Morgan fingerprint density at radius 2 is 2.00 bits per heavy atom. The van der Waals surface area contributed by atoms with Crippen molar-refractivity contribution in [3.63, 3.8) is 0 Å². The Hall–Kier alpha value is -0.660. The first kappa shape index (κ1) is 17.1. The molecule has 7 heteroatoms. The number of carbonyl (C=O) groups excluding carboxylic acids is 1. The van der Waals surface area contributed by atoms with Gasteiger partial charge < -0.3 is 24.1 Å². The van der Waals surface area contributed by atoms with Crippen LogP contribution < -0.4 is 0 Å². The Bertz CT molecular complexity index is 880. The smallest absolute Gasteiger partial charge is 0.334 e. The summed E-state index contributed by atoms with van der Waals surface area (Å²) in [6.45, 7) is 7.10. The van der Waals surface area contributed by atoms with E-state index in [9.17, 15) is 9.90 Å². The molecule has 3 aliphatic carbocycles. The fourth-order valence-electron chi connectivity index (χ4n) is 8.08. The van der Waals surface area contributed by atoms with Gasteiger partial charge in [-0.25, -0.2) is 4.79 Å². The fraction of sp³-hybridized carbons (Fsp3) is 0.857. The number of aliphatic hydroxyl groups is 1. The molecule has 7 rings (SSSR count). The Morgan fingerprint density at radius 3 is 2.68 bits per heavy atom. The molecule has 152 valence electrons. The van der Waals surface area contributed by atoms with E-state index >= 15 is 0 Å². The molecule has 0 aromatic carbocycles. The lowest BCUT2D eigenvalue weighted by atomic mass is 9.44. The van der Waals surface area contributed by atoms with Gasteiger partial charge in [-0.2, -0.15) is 0 Å². The van der Waals surface area contributed by atoms with Gasteiger partial charge in [0.05, 0.1) is 18.1 Å². The summed E-state index contributed by atoms with van der Waals surface area (Å²) in [7, 11) is 0. The maximum absolute atomic E-state index is 12.2. The van der Waals surface area contributed by atoms with Crippen LogP contribution in [0.3, 0.4) is 0 Å². The van der Waals surface area contributed by atoms with Crippen molar-refractivity contribution < 1.29 is 28.8 Å². The third-order valence-electron chi connectivity index (χ3n) is 9.55. The number of esters is 1. The SMILES string of the molecule is CC(C)[C@]1(O)[C@H](Cl)[C@@H]2O[C@]23[C@]2(O[C@H]2C[C@H]2C4=C(CC[C@@]23C)C(=O)OC4)[C@@]12CO2. The summed E-state index contributed by atoms with van der Waals surface area (Å²) in [4.78, 5) is 12.2. The topological polar surface area (TPSA) is 84.1 Å². The van der Waals surface area contributed by atoms with Gasteiger partial charge in [0.1, 0.15) is 23.9 Å². The summed E-state index contributed by atoms with van der Waals surface area (Å²) in [5, 5.41) is 11.2. The predicted octanol–water partition coefficient (Wildman–Crippen LogP) is 1.71. The number of hydrogen-bond acceptors (Lipinski definition) is 6. The summed E-state index contributed by atoms with van der Waals surface area (Å²) < 4.78 is 24.5. The number of ether oxygens (including phenoxy) is 4. The Balaban J connectivity index is 1.42. The van der Waals surface area contributed by atoms with Crippen molar-refractivity contribution in [2.24, 2.45) is 17.3 Å². The quantitative estimate of drug-likeness (QED) is 0.404. The van der Waals surface area contributed by atoms with Crippen LogP contribution in [0.25, 0.3) is 0 Å². The first-order valence-corrected chi connectivity index (χ1v) is 10.9. The molecular formula is C21H25ClO6. The highest BCUT2D eigenvalue weighted by Crippen LogP contribution is 2.84. The van der Waals surface area contributed by atoms with Gasteiger partial charge in [0.2, 0.25) is 0 Å². The van der Waals surface area contributed by atoms with Crippen molar-refractivity contribution >= 4 is 17.6 Å². The van der Waals surface area contributed by atoms with Crippen molar-refractivity contribution in [2.75, 3.05) is 13.2 Å². The highest BCUT2D eigenvalue weighted by molar-refractivity contribution is 6.22. The highest BCUT2D eigenvalue weighted by Gasteiger charge is 3.03. The van der Waals surface area contributed by atoms with E-state index < -0.39 is 27.8 Å². The standard InChI is InChI=1S/C21H25ClO6/c1-9(2)19(24)14(22)15-21(28-15)17(3)5-4-10-11(7-25-16(10)23)12(17)6-13-20(21,27-13)18(19)8-26-18/h9,12-15,24H,4-8H2,1-3H3/t12-,13-,14+,15-,17-,18+,19-,20+,21+/m0/s1. The third kappa shape index (κ3) is 1.30. The number of epoxide rings is 3. The molecular weight excluding hydrogens is 384 g/mol. The van der Waals surface area contributed by atoms with Crippen molar-refractivity contribution in [3.05, 3.63) is 11.1 Å². The minimum atomic E-state index is -1.19. The highest BCUT2D eigenvalue weighted by atomic mass is 35.5. The second-order valence-electron chi connectivity index (χ2n) is 10.4. The molecule has 7 aliphatic rings. The van der Waals surface area contributed by atoms with E-state index in [1.54, 1.807) is 0 Å². The number of hydrogen-bond donors (Lipinski definition) is 1. The molecule has 9 atom stereocenters. The van der Waals surface area contributed by atoms with Crippen LogP contribution in [-0.2, 0) is 23.7 Å². The van der Waals surface area contributed by atoms with Crippen LogP contribution in [0.5, 0.6) is 0 Å². The largest absolute Gasteiger partial charge is 0.458 e. The molecule has 4 heterocycles. The molecule has 3 spiro atoms. The van der Waals surface area contributed by atoms with Crippen LogP contribution in [0.2, 0.25) is 0 Å². The van der Waals surface area contributed by atoms with Gasteiger partial charge in [0.15, 0.2) is 11.2 Å². The van der Waals surface area contributed by atoms with Gasteiger partial charge in [-0.1, -0.05) is 20.8 Å². The zero-order valence-corrected chi connectivity index (χ0v) is 17.0. The van der Waals surface area contributed by atoms with Crippen LogP contribution in [0.1, 0.15) is 40.0 Å². The number of rotatable bonds is 1. The molecule has 5 fully saturated rings. The second kappa shape index (κ2) is 4.35. The summed E-state index contributed by atoms with van der Waals surface area (Å²) in [5.74, 6) is -0.0596. The number of fused-ring (bicyclic) bond motifs is 2. The minimum absolute atomic E-state index is 0.0462. The number of carbonyl (C=O) groups is 1. The summed E-state index contributed by atoms with van der Waals surface area (Å²) in [6, 6.07) is 0. The second-order valence-corrected chi connectivity index (χ2v) is 10.9. The minimum Gasteiger partial charge on any atom is -0.458 e. The third-order valence-corrected chi connectivity index (χ3v) is 10.1. The molecule has 1 N–H and O–H groups in total. The molecule has 6 nitrogen and oxygen atoms in total.